The number of amides is 1. The molecule has 2 aromatic carbocycles. The highest BCUT2D eigenvalue weighted by Gasteiger charge is 2.26. The molecule has 0 saturated heterocycles. The molecule has 6 nitrogen and oxygen atoms in total. The predicted molar refractivity (Wildman–Crippen MR) is 98.6 cm³/mol. The van der Waals surface area contributed by atoms with Gasteiger partial charge in [-0.3, -0.25) is 4.79 Å². The third kappa shape index (κ3) is 3.26. The van der Waals surface area contributed by atoms with Crippen LogP contribution in [0.15, 0.2) is 49.5 Å². The number of halogens is 2. The summed E-state index contributed by atoms with van der Waals surface area (Å²) in [5, 5.41) is 29.6. The molecule has 2 aromatic rings. The number of aliphatic hydroxyl groups excluding tert-OH is 1. The summed E-state index contributed by atoms with van der Waals surface area (Å²) in [5.41, 5.74) is 2.82. The molecule has 0 spiro atoms. The first-order chi connectivity index (χ1) is 11.5. The second-order valence-corrected chi connectivity index (χ2v) is 6.73. The molecule has 0 atom stereocenters. The van der Waals surface area contributed by atoms with Gasteiger partial charge in [-0.1, -0.05) is 6.07 Å². The smallest absolute Gasteiger partial charge is 0.276 e. The Kier molecular flexibility index (Phi) is 4.79. The van der Waals surface area contributed by atoms with Crippen molar-refractivity contribution in [3.63, 3.8) is 0 Å². The number of nitrogens with zero attached hydrogens (tertiary/aromatic N) is 2. The molecule has 0 aromatic heterocycles. The zero-order chi connectivity index (χ0) is 17.3. The molecule has 0 unspecified atom stereocenters. The van der Waals surface area contributed by atoms with Crippen LogP contribution in [0, 0.1) is 0 Å². The second kappa shape index (κ2) is 6.84. The number of phenolic OH excluding ortho intramolecular Hbond substituents is 1. The second-order valence-electron chi connectivity index (χ2n) is 5.02. The number of benzene rings is 2. The Bertz CT molecular complexity index is 871. The molecule has 122 valence electrons. The molecular weight excluding hydrogens is 442 g/mol. The Hall–Kier alpha value is -2.03. The van der Waals surface area contributed by atoms with Crippen molar-refractivity contribution in [2.75, 3.05) is 5.32 Å². The minimum absolute atomic E-state index is 0.0964. The molecule has 1 aliphatic heterocycles. The van der Waals surface area contributed by atoms with Gasteiger partial charge in [0.15, 0.2) is 5.71 Å². The van der Waals surface area contributed by atoms with Crippen LogP contribution in [0.25, 0.3) is 0 Å². The lowest BCUT2D eigenvalue weighted by atomic mass is 10.1. The van der Waals surface area contributed by atoms with E-state index in [0.29, 0.717) is 31.3 Å². The van der Waals surface area contributed by atoms with E-state index in [-0.39, 0.29) is 24.0 Å². The maximum Gasteiger partial charge on any atom is 0.276 e. The number of fused-ring (bicyclic) bond motifs is 1. The molecule has 24 heavy (non-hydrogen) atoms. The average molecular weight is 453 g/mol. The van der Waals surface area contributed by atoms with Crippen LogP contribution in [-0.4, -0.2) is 28.0 Å². The predicted octanol–water partition coefficient (Wildman–Crippen LogP) is 3.18. The van der Waals surface area contributed by atoms with Crippen LogP contribution < -0.4 is 5.32 Å². The van der Waals surface area contributed by atoms with Gasteiger partial charge < -0.3 is 15.5 Å². The number of rotatable bonds is 3. The quantitative estimate of drug-likeness (QED) is 0.493. The molecule has 3 rings (SSSR count). The van der Waals surface area contributed by atoms with Crippen molar-refractivity contribution in [2.45, 2.75) is 6.61 Å². The zero-order valence-corrected chi connectivity index (χ0v) is 15.3. The molecule has 1 aliphatic rings. The maximum absolute atomic E-state index is 12.0. The monoisotopic (exact) mass is 451 g/mol. The van der Waals surface area contributed by atoms with Crippen LogP contribution in [0.4, 0.5) is 5.69 Å². The van der Waals surface area contributed by atoms with E-state index in [1.165, 1.54) is 6.21 Å². The zero-order valence-electron chi connectivity index (χ0n) is 12.1. The number of carbonyl (C=O) groups is 1. The van der Waals surface area contributed by atoms with Gasteiger partial charge in [0, 0.05) is 5.56 Å². The standard InChI is InChI=1S/C16H11Br2N3O3/c17-11-4-9(5-12(18)15(11)23)6-19-21-14-10-3-8(7-22)1-2-13(10)20-16(14)24/h1-6,22-23H,7H2,(H,20,21,24). The van der Waals surface area contributed by atoms with Crippen LogP contribution in [0.3, 0.4) is 0 Å². The van der Waals surface area contributed by atoms with Crippen molar-refractivity contribution in [2.24, 2.45) is 10.2 Å². The van der Waals surface area contributed by atoms with Crippen molar-refractivity contribution >= 4 is 55.4 Å². The highest BCUT2D eigenvalue weighted by molar-refractivity contribution is 9.11. The summed E-state index contributed by atoms with van der Waals surface area (Å²) in [6, 6.07) is 8.51. The van der Waals surface area contributed by atoms with Gasteiger partial charge >= 0.3 is 0 Å². The molecule has 0 saturated carbocycles. The molecule has 0 bridgehead atoms. The van der Waals surface area contributed by atoms with E-state index in [4.69, 9.17) is 0 Å². The molecule has 0 aliphatic carbocycles. The number of hydrogen-bond donors (Lipinski definition) is 3. The molecule has 0 fully saturated rings. The summed E-state index contributed by atoms with van der Waals surface area (Å²) in [6.45, 7) is -0.117. The fourth-order valence-corrected chi connectivity index (χ4v) is 3.43. The topological polar surface area (TPSA) is 94.3 Å². The summed E-state index contributed by atoms with van der Waals surface area (Å²) in [6.07, 6.45) is 1.48. The van der Waals surface area contributed by atoms with E-state index >= 15 is 0 Å². The molecule has 0 radical (unpaired) electrons. The maximum atomic E-state index is 12.0. The van der Waals surface area contributed by atoms with Crippen LogP contribution >= 0.6 is 31.9 Å². The number of aromatic hydroxyl groups is 1. The average Bonchev–Trinajstić information content (AvgIpc) is 2.87. The molecule has 8 heteroatoms. The molecular formula is C16H11Br2N3O3. The third-order valence-electron chi connectivity index (χ3n) is 3.39. The van der Waals surface area contributed by atoms with E-state index in [0.717, 1.165) is 0 Å². The fraction of sp³-hybridized carbons (Fsp3) is 0.0625. The van der Waals surface area contributed by atoms with Gasteiger partial charge in [0.2, 0.25) is 0 Å². The van der Waals surface area contributed by atoms with Crippen molar-refractivity contribution in [1.29, 1.82) is 0 Å². The van der Waals surface area contributed by atoms with Gasteiger partial charge in [0.05, 0.1) is 27.5 Å². The largest absolute Gasteiger partial charge is 0.506 e. The summed E-state index contributed by atoms with van der Waals surface area (Å²) in [5.74, 6) is -0.246. The van der Waals surface area contributed by atoms with Crippen LogP contribution in [0.5, 0.6) is 5.75 Å². The minimum atomic E-state index is -0.342. The van der Waals surface area contributed by atoms with Gasteiger partial charge in [0.1, 0.15) is 5.75 Å². The van der Waals surface area contributed by atoms with Gasteiger partial charge in [-0.25, -0.2) is 0 Å². The SMILES string of the molecule is O=C1Nc2ccc(CO)cc2C1=NN=Cc1cc(Br)c(O)c(Br)c1. The van der Waals surface area contributed by atoms with E-state index in [1.807, 2.05) is 0 Å². The summed E-state index contributed by atoms with van der Waals surface area (Å²) in [7, 11) is 0. The van der Waals surface area contributed by atoms with Crippen LogP contribution in [0.2, 0.25) is 0 Å². The van der Waals surface area contributed by atoms with E-state index in [9.17, 15) is 15.0 Å². The van der Waals surface area contributed by atoms with Crippen molar-refractivity contribution in [3.05, 3.63) is 56.0 Å². The molecule has 1 amide bonds. The molecule has 1 heterocycles. The van der Waals surface area contributed by atoms with Crippen molar-refractivity contribution < 1.29 is 15.0 Å². The lowest BCUT2D eigenvalue weighted by molar-refractivity contribution is -0.110. The number of hydrogen-bond acceptors (Lipinski definition) is 5. The van der Waals surface area contributed by atoms with E-state index in [1.54, 1.807) is 30.3 Å². The Morgan fingerprint density at radius 1 is 1.17 bits per heavy atom. The first-order valence-electron chi connectivity index (χ1n) is 6.84. The number of phenols is 1. The van der Waals surface area contributed by atoms with Crippen molar-refractivity contribution in [1.82, 2.24) is 0 Å². The van der Waals surface area contributed by atoms with Gasteiger partial charge in [-0.15, -0.1) is 5.10 Å². The highest BCUT2D eigenvalue weighted by atomic mass is 79.9. The van der Waals surface area contributed by atoms with E-state index < -0.39 is 0 Å². The Morgan fingerprint density at radius 2 is 1.88 bits per heavy atom. The normalized spacial score (nSPS) is 15.1. The number of aliphatic hydroxyl groups is 1. The minimum Gasteiger partial charge on any atom is -0.506 e. The summed E-state index contributed by atoms with van der Waals surface area (Å²) < 4.78 is 1.03. The molecule has 3 N–H and O–H groups in total. The van der Waals surface area contributed by atoms with Gasteiger partial charge in [0.25, 0.3) is 5.91 Å². The summed E-state index contributed by atoms with van der Waals surface area (Å²) >= 11 is 6.47. The Morgan fingerprint density at radius 3 is 2.54 bits per heavy atom. The Balaban J connectivity index is 1.92. The number of carbonyl (C=O) groups excluding carboxylic acids is 1. The lowest BCUT2D eigenvalue weighted by Crippen LogP contribution is -2.13. The van der Waals surface area contributed by atoms with E-state index in [2.05, 4.69) is 47.4 Å². The van der Waals surface area contributed by atoms with Crippen molar-refractivity contribution in [3.8, 4) is 5.75 Å². The van der Waals surface area contributed by atoms with Gasteiger partial charge in [-0.05, 0) is 67.3 Å². The lowest BCUT2D eigenvalue weighted by Gasteiger charge is -2.01. The third-order valence-corrected chi connectivity index (χ3v) is 4.60. The first kappa shape index (κ1) is 16.8. The highest BCUT2D eigenvalue weighted by Crippen LogP contribution is 2.32. The first-order valence-corrected chi connectivity index (χ1v) is 8.42. The van der Waals surface area contributed by atoms with Gasteiger partial charge in [-0.2, -0.15) is 5.10 Å². The van der Waals surface area contributed by atoms with Crippen LogP contribution in [0.1, 0.15) is 16.7 Å². The van der Waals surface area contributed by atoms with Crippen LogP contribution in [-0.2, 0) is 11.4 Å². The Labute approximate surface area is 154 Å². The fourth-order valence-electron chi connectivity index (χ4n) is 2.21. The summed E-state index contributed by atoms with van der Waals surface area (Å²) in [4.78, 5) is 12.0. The number of nitrogens with one attached hydrogen (secondary N) is 1. The number of anilines is 1.